The zero-order valence-electron chi connectivity index (χ0n) is 8.48. The Morgan fingerprint density at radius 3 is 2.71 bits per heavy atom. The van der Waals surface area contributed by atoms with Crippen molar-refractivity contribution in [3.8, 4) is 6.07 Å². The quantitative estimate of drug-likeness (QED) is 0.693. The molecule has 0 aliphatic carbocycles. The normalized spacial score (nSPS) is 19.4. The van der Waals surface area contributed by atoms with Crippen LogP contribution in [0.1, 0.15) is 19.3 Å². The minimum Gasteiger partial charge on any atom is -0.394 e. The Bertz CT molecular complexity index is 183. The van der Waals surface area contributed by atoms with Gasteiger partial charge in [0, 0.05) is 26.1 Å². The van der Waals surface area contributed by atoms with E-state index in [9.17, 15) is 0 Å². The van der Waals surface area contributed by atoms with E-state index in [1.165, 1.54) is 0 Å². The molecule has 0 saturated carbocycles. The summed E-state index contributed by atoms with van der Waals surface area (Å²) >= 11 is 0. The summed E-state index contributed by atoms with van der Waals surface area (Å²) in [5.41, 5.74) is 0. The Morgan fingerprint density at radius 2 is 2.14 bits per heavy atom. The molecule has 1 N–H and O–H groups in total. The van der Waals surface area contributed by atoms with Crippen LogP contribution in [0.3, 0.4) is 0 Å². The van der Waals surface area contributed by atoms with Crippen molar-refractivity contribution in [1.29, 1.82) is 5.26 Å². The summed E-state index contributed by atoms with van der Waals surface area (Å²) in [5, 5.41) is 17.0. The number of aliphatic hydroxyl groups excluding tert-OH is 1. The molecule has 4 heteroatoms. The van der Waals surface area contributed by atoms with Crippen LogP contribution in [0, 0.1) is 11.3 Å². The smallest absolute Gasteiger partial charge is 0.0701 e. The van der Waals surface area contributed by atoms with Gasteiger partial charge in [-0.1, -0.05) is 0 Å². The fraction of sp³-hybridized carbons (Fsp3) is 0.900. The van der Waals surface area contributed by atoms with Gasteiger partial charge in [0.2, 0.25) is 0 Å². The largest absolute Gasteiger partial charge is 0.394 e. The van der Waals surface area contributed by atoms with Gasteiger partial charge in [0.1, 0.15) is 0 Å². The number of nitrogens with zero attached hydrogens (tertiary/aromatic N) is 2. The molecule has 0 unspecified atom stereocenters. The van der Waals surface area contributed by atoms with E-state index in [1.807, 2.05) is 0 Å². The number of ether oxygens (including phenoxy) is 1. The minimum absolute atomic E-state index is 0.106. The number of nitriles is 1. The van der Waals surface area contributed by atoms with Crippen molar-refractivity contribution < 1.29 is 9.84 Å². The van der Waals surface area contributed by atoms with E-state index >= 15 is 0 Å². The molecule has 1 aliphatic rings. The van der Waals surface area contributed by atoms with Crippen LogP contribution in [0.4, 0.5) is 0 Å². The molecular formula is C10H18N2O2. The first-order valence-corrected chi connectivity index (χ1v) is 5.18. The number of rotatable bonds is 5. The van der Waals surface area contributed by atoms with E-state index in [4.69, 9.17) is 15.1 Å². The molecular weight excluding hydrogens is 180 g/mol. The maximum Gasteiger partial charge on any atom is 0.0701 e. The standard InChI is InChI=1S/C10H18N2O2/c11-4-1-5-12-6-2-10(3-7-12)14-9-8-13/h10,13H,1-3,5-9H2. The van der Waals surface area contributed by atoms with Crippen molar-refractivity contribution in [2.45, 2.75) is 25.4 Å². The molecule has 4 nitrogen and oxygen atoms in total. The van der Waals surface area contributed by atoms with Gasteiger partial charge in [0.25, 0.3) is 0 Å². The average molecular weight is 198 g/mol. The van der Waals surface area contributed by atoms with Gasteiger partial charge in [0.05, 0.1) is 25.4 Å². The van der Waals surface area contributed by atoms with E-state index in [2.05, 4.69) is 11.0 Å². The molecule has 14 heavy (non-hydrogen) atoms. The monoisotopic (exact) mass is 198 g/mol. The Kier molecular flexibility index (Phi) is 5.53. The SMILES string of the molecule is N#CCCN1CCC(OCCO)CC1. The van der Waals surface area contributed by atoms with Crippen molar-refractivity contribution in [2.24, 2.45) is 0 Å². The number of hydrogen-bond acceptors (Lipinski definition) is 4. The summed E-state index contributed by atoms with van der Waals surface area (Å²) in [6, 6.07) is 2.15. The van der Waals surface area contributed by atoms with E-state index < -0.39 is 0 Å². The van der Waals surface area contributed by atoms with E-state index in [0.717, 1.165) is 32.5 Å². The maximum atomic E-state index is 8.59. The summed E-state index contributed by atoms with van der Waals surface area (Å²) in [6.45, 7) is 3.45. The molecule has 0 bridgehead atoms. The Balaban J connectivity index is 2.09. The maximum absolute atomic E-state index is 8.59. The fourth-order valence-electron chi connectivity index (χ4n) is 1.73. The van der Waals surface area contributed by atoms with Gasteiger partial charge < -0.3 is 14.7 Å². The third-order valence-electron chi connectivity index (χ3n) is 2.52. The summed E-state index contributed by atoms with van der Waals surface area (Å²) in [7, 11) is 0. The fourth-order valence-corrected chi connectivity index (χ4v) is 1.73. The molecule has 0 atom stereocenters. The predicted octanol–water partition coefficient (Wildman–Crippen LogP) is 0.373. The second-order valence-electron chi connectivity index (χ2n) is 3.54. The Morgan fingerprint density at radius 1 is 1.43 bits per heavy atom. The van der Waals surface area contributed by atoms with Crippen molar-refractivity contribution in [1.82, 2.24) is 4.90 Å². The van der Waals surface area contributed by atoms with Crippen LogP contribution in [0.2, 0.25) is 0 Å². The topological polar surface area (TPSA) is 56.5 Å². The molecule has 1 heterocycles. The van der Waals surface area contributed by atoms with Crippen molar-refractivity contribution >= 4 is 0 Å². The van der Waals surface area contributed by atoms with Crippen LogP contribution in [-0.4, -0.2) is 49.0 Å². The van der Waals surface area contributed by atoms with Gasteiger partial charge in [-0.15, -0.1) is 0 Å². The van der Waals surface area contributed by atoms with Gasteiger partial charge in [0.15, 0.2) is 0 Å². The molecule has 1 saturated heterocycles. The predicted molar refractivity (Wildman–Crippen MR) is 52.7 cm³/mol. The van der Waals surface area contributed by atoms with E-state index in [0.29, 0.717) is 19.1 Å². The second kappa shape index (κ2) is 6.77. The van der Waals surface area contributed by atoms with Crippen molar-refractivity contribution in [3.05, 3.63) is 0 Å². The number of hydrogen-bond donors (Lipinski definition) is 1. The Hall–Kier alpha value is -0.630. The molecule has 0 aromatic heterocycles. The number of likely N-dealkylation sites (tertiary alicyclic amines) is 1. The van der Waals surface area contributed by atoms with Gasteiger partial charge >= 0.3 is 0 Å². The van der Waals surface area contributed by atoms with Gasteiger partial charge in [-0.2, -0.15) is 5.26 Å². The van der Waals surface area contributed by atoms with Crippen LogP contribution in [-0.2, 0) is 4.74 Å². The molecule has 1 aliphatic heterocycles. The molecule has 80 valence electrons. The lowest BCUT2D eigenvalue weighted by Crippen LogP contribution is -2.37. The molecule has 0 aromatic rings. The molecule has 1 fully saturated rings. The first-order valence-electron chi connectivity index (χ1n) is 5.18. The summed E-state index contributed by atoms with van der Waals surface area (Å²) in [5.74, 6) is 0. The van der Waals surface area contributed by atoms with Crippen molar-refractivity contribution in [3.63, 3.8) is 0 Å². The van der Waals surface area contributed by atoms with Crippen LogP contribution < -0.4 is 0 Å². The highest BCUT2D eigenvalue weighted by Crippen LogP contribution is 2.13. The highest BCUT2D eigenvalue weighted by atomic mass is 16.5. The summed E-state index contributed by atoms with van der Waals surface area (Å²) in [4.78, 5) is 2.29. The average Bonchev–Trinajstić information content (AvgIpc) is 2.25. The molecule has 0 aromatic carbocycles. The number of aliphatic hydroxyl groups is 1. The third-order valence-corrected chi connectivity index (χ3v) is 2.52. The Labute approximate surface area is 85.1 Å². The van der Waals surface area contributed by atoms with E-state index in [1.54, 1.807) is 0 Å². The van der Waals surface area contributed by atoms with Gasteiger partial charge in [-0.25, -0.2) is 0 Å². The first kappa shape index (κ1) is 11.4. The zero-order valence-corrected chi connectivity index (χ0v) is 8.48. The lowest BCUT2D eigenvalue weighted by Gasteiger charge is -2.31. The molecule has 0 spiro atoms. The molecule has 0 radical (unpaired) electrons. The van der Waals surface area contributed by atoms with Crippen LogP contribution >= 0.6 is 0 Å². The lowest BCUT2D eigenvalue weighted by atomic mass is 10.1. The van der Waals surface area contributed by atoms with Crippen molar-refractivity contribution in [2.75, 3.05) is 32.8 Å². The zero-order chi connectivity index (χ0) is 10.2. The molecule has 1 rings (SSSR count). The van der Waals surface area contributed by atoms with Gasteiger partial charge in [-0.3, -0.25) is 0 Å². The van der Waals surface area contributed by atoms with Crippen LogP contribution in [0.5, 0.6) is 0 Å². The molecule has 0 amide bonds. The summed E-state index contributed by atoms with van der Waals surface area (Å²) in [6.07, 6.45) is 2.96. The first-order chi connectivity index (χ1) is 6.86. The van der Waals surface area contributed by atoms with Crippen LogP contribution in [0.15, 0.2) is 0 Å². The van der Waals surface area contributed by atoms with E-state index in [-0.39, 0.29) is 6.61 Å². The number of piperidine rings is 1. The summed E-state index contributed by atoms with van der Waals surface area (Å²) < 4.78 is 5.44. The highest BCUT2D eigenvalue weighted by Gasteiger charge is 2.18. The third kappa shape index (κ3) is 4.05. The van der Waals surface area contributed by atoms with Crippen LogP contribution in [0.25, 0.3) is 0 Å². The minimum atomic E-state index is 0.106. The lowest BCUT2D eigenvalue weighted by molar-refractivity contribution is -0.00733. The van der Waals surface area contributed by atoms with Gasteiger partial charge in [-0.05, 0) is 12.8 Å². The highest BCUT2D eigenvalue weighted by molar-refractivity contribution is 4.77. The second-order valence-corrected chi connectivity index (χ2v) is 3.54.